The molecule has 0 fully saturated rings. The summed E-state index contributed by atoms with van der Waals surface area (Å²) in [5.74, 6) is -1.68. The molecule has 0 radical (unpaired) electrons. The maximum atomic E-state index is 12.2. The van der Waals surface area contributed by atoms with Gasteiger partial charge in [-0.25, -0.2) is 4.79 Å². The predicted octanol–water partition coefficient (Wildman–Crippen LogP) is 1.79. The van der Waals surface area contributed by atoms with Gasteiger partial charge in [0.1, 0.15) is 6.04 Å². The molecule has 114 valence electrons. The van der Waals surface area contributed by atoms with E-state index < -0.39 is 12.0 Å². The quantitative estimate of drug-likeness (QED) is 0.771. The minimum absolute atomic E-state index is 0.0618. The Kier molecular flexibility index (Phi) is 5.46. The summed E-state index contributed by atoms with van der Waals surface area (Å²) in [6.07, 6.45) is 0. The summed E-state index contributed by atoms with van der Waals surface area (Å²) < 4.78 is 0. The number of carbonyl (C=O) groups is 3. The first-order valence-corrected chi connectivity index (χ1v) is 6.64. The minimum Gasteiger partial charge on any atom is -0.478 e. The van der Waals surface area contributed by atoms with E-state index in [1.54, 1.807) is 13.0 Å². The normalized spacial score (nSPS) is 11.9. The van der Waals surface area contributed by atoms with Crippen LogP contribution in [-0.2, 0) is 9.59 Å². The van der Waals surface area contributed by atoms with Gasteiger partial charge in [0.2, 0.25) is 11.8 Å². The van der Waals surface area contributed by atoms with Crippen molar-refractivity contribution in [3.8, 4) is 0 Å². The summed E-state index contributed by atoms with van der Waals surface area (Å²) in [6, 6.07) is 3.92. The van der Waals surface area contributed by atoms with Crippen molar-refractivity contribution in [2.45, 2.75) is 33.7 Å². The molecule has 1 aromatic carbocycles. The highest BCUT2D eigenvalue weighted by atomic mass is 16.4. The molecule has 6 nitrogen and oxygen atoms in total. The summed E-state index contributed by atoms with van der Waals surface area (Å²) in [7, 11) is 0. The van der Waals surface area contributed by atoms with Crippen LogP contribution in [0.1, 0.15) is 36.7 Å². The van der Waals surface area contributed by atoms with Gasteiger partial charge in [0.15, 0.2) is 0 Å². The molecule has 1 unspecified atom stereocenters. The van der Waals surface area contributed by atoms with Gasteiger partial charge in [-0.1, -0.05) is 13.8 Å². The predicted molar refractivity (Wildman–Crippen MR) is 79.2 cm³/mol. The van der Waals surface area contributed by atoms with Gasteiger partial charge in [0.25, 0.3) is 0 Å². The molecule has 0 spiro atoms. The van der Waals surface area contributed by atoms with Gasteiger partial charge >= 0.3 is 5.97 Å². The van der Waals surface area contributed by atoms with Crippen molar-refractivity contribution < 1.29 is 19.5 Å². The van der Waals surface area contributed by atoms with Crippen LogP contribution in [-0.4, -0.2) is 28.9 Å². The van der Waals surface area contributed by atoms with E-state index in [1.807, 2.05) is 13.8 Å². The maximum absolute atomic E-state index is 12.2. The summed E-state index contributed by atoms with van der Waals surface area (Å²) in [5, 5.41) is 14.3. The Morgan fingerprint density at radius 1 is 1.19 bits per heavy atom. The van der Waals surface area contributed by atoms with Crippen molar-refractivity contribution in [1.82, 2.24) is 5.32 Å². The Labute approximate surface area is 123 Å². The number of nitrogens with one attached hydrogen (secondary N) is 2. The van der Waals surface area contributed by atoms with Crippen LogP contribution in [0.4, 0.5) is 5.69 Å². The second-order valence-electron chi connectivity index (χ2n) is 5.25. The van der Waals surface area contributed by atoms with E-state index in [9.17, 15) is 14.4 Å². The van der Waals surface area contributed by atoms with Crippen LogP contribution in [0.15, 0.2) is 18.2 Å². The largest absolute Gasteiger partial charge is 0.478 e. The highest BCUT2D eigenvalue weighted by Crippen LogP contribution is 2.16. The van der Waals surface area contributed by atoms with Crippen molar-refractivity contribution in [3.63, 3.8) is 0 Å². The van der Waals surface area contributed by atoms with E-state index in [-0.39, 0.29) is 23.3 Å². The fraction of sp³-hybridized carbons (Fsp3) is 0.400. The summed E-state index contributed by atoms with van der Waals surface area (Å²) in [6.45, 7) is 6.68. The van der Waals surface area contributed by atoms with E-state index in [1.165, 1.54) is 19.1 Å². The molecule has 0 aliphatic rings. The third-order valence-corrected chi connectivity index (χ3v) is 3.03. The lowest BCUT2D eigenvalue weighted by Gasteiger charge is -2.21. The maximum Gasteiger partial charge on any atom is 0.335 e. The van der Waals surface area contributed by atoms with Crippen molar-refractivity contribution in [2.24, 2.45) is 5.92 Å². The smallest absolute Gasteiger partial charge is 0.335 e. The molecular weight excluding hydrogens is 272 g/mol. The number of carboxylic acid groups (broad SMARTS) is 1. The molecule has 0 aliphatic carbocycles. The fourth-order valence-corrected chi connectivity index (χ4v) is 1.96. The van der Waals surface area contributed by atoms with Crippen molar-refractivity contribution >= 4 is 23.5 Å². The number of hydrogen-bond acceptors (Lipinski definition) is 3. The zero-order valence-corrected chi connectivity index (χ0v) is 12.6. The van der Waals surface area contributed by atoms with Gasteiger partial charge in [0.05, 0.1) is 5.56 Å². The van der Waals surface area contributed by atoms with Crippen molar-refractivity contribution in [1.29, 1.82) is 0 Å². The van der Waals surface area contributed by atoms with Gasteiger partial charge in [-0.15, -0.1) is 0 Å². The number of carbonyl (C=O) groups excluding carboxylic acids is 2. The first-order chi connectivity index (χ1) is 9.72. The number of benzene rings is 1. The number of aromatic carboxylic acids is 1. The van der Waals surface area contributed by atoms with E-state index in [4.69, 9.17) is 5.11 Å². The molecule has 0 aliphatic heterocycles. The molecule has 6 heteroatoms. The third kappa shape index (κ3) is 4.59. The molecule has 0 saturated carbocycles. The second kappa shape index (κ2) is 6.88. The van der Waals surface area contributed by atoms with E-state index in [0.29, 0.717) is 11.3 Å². The van der Waals surface area contributed by atoms with Crippen LogP contribution in [0.3, 0.4) is 0 Å². The fourth-order valence-electron chi connectivity index (χ4n) is 1.96. The first-order valence-electron chi connectivity index (χ1n) is 6.64. The first kappa shape index (κ1) is 16.7. The van der Waals surface area contributed by atoms with Gasteiger partial charge in [0, 0.05) is 12.6 Å². The number of hydrogen-bond donors (Lipinski definition) is 3. The third-order valence-electron chi connectivity index (χ3n) is 3.03. The van der Waals surface area contributed by atoms with Crippen molar-refractivity contribution in [2.75, 3.05) is 5.32 Å². The van der Waals surface area contributed by atoms with Crippen LogP contribution in [0.25, 0.3) is 0 Å². The molecule has 0 heterocycles. The summed E-state index contributed by atoms with van der Waals surface area (Å²) in [5.41, 5.74) is 1.25. The van der Waals surface area contributed by atoms with Gasteiger partial charge in [-0.3, -0.25) is 9.59 Å². The Bertz CT molecular complexity index is 567. The Morgan fingerprint density at radius 3 is 2.24 bits per heavy atom. The van der Waals surface area contributed by atoms with E-state index in [0.717, 1.165) is 0 Å². The highest BCUT2D eigenvalue weighted by molar-refractivity contribution is 5.98. The topological polar surface area (TPSA) is 95.5 Å². The number of carboxylic acids is 1. The minimum atomic E-state index is -1.01. The van der Waals surface area contributed by atoms with Crippen LogP contribution in [0, 0.1) is 12.8 Å². The molecular formula is C15H20N2O4. The molecule has 3 N–H and O–H groups in total. The number of amides is 2. The molecule has 1 rings (SSSR count). The number of aryl methyl sites for hydroxylation is 1. The van der Waals surface area contributed by atoms with Gasteiger partial charge in [-0.2, -0.15) is 0 Å². The summed E-state index contributed by atoms with van der Waals surface area (Å²) in [4.78, 5) is 34.2. The van der Waals surface area contributed by atoms with Crippen LogP contribution in [0.2, 0.25) is 0 Å². The van der Waals surface area contributed by atoms with Crippen molar-refractivity contribution in [3.05, 3.63) is 29.3 Å². The zero-order chi connectivity index (χ0) is 16.2. The molecule has 0 aromatic heterocycles. The van der Waals surface area contributed by atoms with E-state index >= 15 is 0 Å². The van der Waals surface area contributed by atoms with Gasteiger partial charge < -0.3 is 15.7 Å². The zero-order valence-electron chi connectivity index (χ0n) is 12.6. The van der Waals surface area contributed by atoms with Crippen LogP contribution in [0.5, 0.6) is 0 Å². The molecule has 1 atom stereocenters. The Morgan fingerprint density at radius 2 is 1.81 bits per heavy atom. The Hall–Kier alpha value is -2.37. The van der Waals surface area contributed by atoms with Crippen LogP contribution >= 0.6 is 0 Å². The lowest BCUT2D eigenvalue weighted by Crippen LogP contribution is -2.46. The number of rotatable bonds is 5. The lowest BCUT2D eigenvalue weighted by molar-refractivity contribution is -0.126. The molecule has 21 heavy (non-hydrogen) atoms. The monoisotopic (exact) mass is 292 g/mol. The lowest BCUT2D eigenvalue weighted by atomic mass is 10.0. The molecule has 0 bridgehead atoms. The SMILES string of the molecule is CC(=O)NC(C(=O)Nc1ccc(C(=O)O)c(C)c1)C(C)C. The summed E-state index contributed by atoms with van der Waals surface area (Å²) >= 11 is 0. The molecule has 1 aromatic rings. The van der Waals surface area contributed by atoms with Gasteiger partial charge in [-0.05, 0) is 36.6 Å². The standard InChI is InChI=1S/C15H20N2O4/c1-8(2)13(16-10(4)18)14(19)17-11-5-6-12(15(20)21)9(3)7-11/h5-8,13H,1-4H3,(H,16,18)(H,17,19)(H,20,21). The average Bonchev–Trinajstić information content (AvgIpc) is 2.34. The molecule has 0 saturated heterocycles. The van der Waals surface area contributed by atoms with E-state index in [2.05, 4.69) is 10.6 Å². The van der Waals surface area contributed by atoms with Crippen LogP contribution < -0.4 is 10.6 Å². The highest BCUT2D eigenvalue weighted by Gasteiger charge is 2.23. The second-order valence-corrected chi connectivity index (χ2v) is 5.25. The number of anilines is 1. The molecule has 2 amide bonds. The Balaban J connectivity index is 2.89. The average molecular weight is 292 g/mol.